The highest BCUT2D eigenvalue weighted by Gasteiger charge is 2.25. The smallest absolute Gasteiger partial charge is 0.345 e. The van der Waals surface area contributed by atoms with E-state index in [1.807, 2.05) is 6.92 Å². The first kappa shape index (κ1) is 17.1. The summed E-state index contributed by atoms with van der Waals surface area (Å²) in [5.41, 5.74) is 0.530. The molecule has 2 aromatic rings. The van der Waals surface area contributed by atoms with E-state index in [2.05, 4.69) is 12.0 Å². The fourth-order valence-electron chi connectivity index (χ4n) is 2.48. The van der Waals surface area contributed by atoms with E-state index in [9.17, 15) is 10.0 Å². The molecule has 0 aliphatic heterocycles. The molecule has 23 heavy (non-hydrogen) atoms. The molecule has 0 fully saturated rings. The van der Waals surface area contributed by atoms with Crippen molar-refractivity contribution in [2.75, 3.05) is 13.2 Å². The van der Waals surface area contributed by atoms with E-state index in [1.54, 1.807) is 17.8 Å². The number of pyridine rings is 1. The molecule has 0 spiro atoms. The van der Waals surface area contributed by atoms with Crippen molar-refractivity contribution in [1.29, 1.82) is 0 Å². The van der Waals surface area contributed by atoms with E-state index < -0.39 is 5.97 Å². The van der Waals surface area contributed by atoms with E-state index in [4.69, 9.17) is 9.47 Å². The minimum atomic E-state index is -0.568. The van der Waals surface area contributed by atoms with Crippen molar-refractivity contribution in [3.8, 4) is 5.75 Å². The molecule has 7 heteroatoms. The first-order chi connectivity index (χ1) is 11.1. The lowest BCUT2D eigenvalue weighted by molar-refractivity contribution is -0.580. The van der Waals surface area contributed by atoms with Gasteiger partial charge in [-0.3, -0.25) is 0 Å². The minimum absolute atomic E-state index is 0.129. The number of esters is 1. The van der Waals surface area contributed by atoms with E-state index in [0.717, 1.165) is 19.3 Å². The molecule has 0 amide bonds. The highest BCUT2D eigenvalue weighted by atomic mass is 16.5. The summed E-state index contributed by atoms with van der Waals surface area (Å²) in [5.74, 6) is -0.212. The lowest BCUT2D eigenvalue weighted by atomic mass is 10.2. The number of hydrogen-bond acceptors (Lipinski definition) is 5. The summed E-state index contributed by atoms with van der Waals surface area (Å²) in [6.45, 7) is 6.93. The van der Waals surface area contributed by atoms with Gasteiger partial charge in [0.25, 0.3) is 0 Å². The molecule has 0 aromatic carbocycles. The molecule has 0 bridgehead atoms. The third kappa shape index (κ3) is 3.55. The van der Waals surface area contributed by atoms with Gasteiger partial charge in [-0.1, -0.05) is 18.4 Å². The second-order valence-electron chi connectivity index (χ2n) is 5.16. The Labute approximate surface area is 135 Å². The minimum Gasteiger partial charge on any atom is -0.711 e. The maximum absolute atomic E-state index is 12.4. The fraction of sp³-hybridized carbons (Fsp3) is 0.562. The van der Waals surface area contributed by atoms with E-state index in [-0.39, 0.29) is 12.2 Å². The molecule has 0 aliphatic rings. The summed E-state index contributed by atoms with van der Waals surface area (Å²) in [4.78, 5) is 12.1. The average Bonchev–Trinajstić information content (AvgIpc) is 2.95. The normalized spacial score (nSPS) is 10.9. The SMILES string of the molecule is CCCCCn1ncc2c(OCC)c(C(=O)OCC)c[n+]([O-])c21. The molecule has 0 atom stereocenters. The number of rotatable bonds is 8. The van der Waals surface area contributed by atoms with Gasteiger partial charge < -0.3 is 14.7 Å². The van der Waals surface area contributed by atoms with Crippen molar-refractivity contribution in [2.45, 2.75) is 46.6 Å². The van der Waals surface area contributed by atoms with Crippen LogP contribution in [0.15, 0.2) is 12.4 Å². The number of hydrogen-bond donors (Lipinski definition) is 0. The molecule has 2 rings (SSSR count). The van der Waals surface area contributed by atoms with Crippen molar-refractivity contribution in [3.63, 3.8) is 0 Å². The van der Waals surface area contributed by atoms with Crippen LogP contribution in [0, 0.1) is 5.21 Å². The summed E-state index contributed by atoms with van der Waals surface area (Å²) in [6.07, 6.45) is 5.89. The van der Waals surface area contributed by atoms with Gasteiger partial charge in [0.05, 0.1) is 19.4 Å². The van der Waals surface area contributed by atoms with Gasteiger partial charge >= 0.3 is 11.6 Å². The zero-order valence-corrected chi connectivity index (χ0v) is 13.9. The first-order valence-corrected chi connectivity index (χ1v) is 8.05. The van der Waals surface area contributed by atoms with Gasteiger partial charge in [0.2, 0.25) is 0 Å². The number of aryl methyl sites for hydroxylation is 1. The third-order valence-electron chi connectivity index (χ3n) is 3.51. The first-order valence-electron chi connectivity index (χ1n) is 8.05. The topological polar surface area (TPSA) is 80.3 Å². The summed E-state index contributed by atoms with van der Waals surface area (Å²) >= 11 is 0. The van der Waals surface area contributed by atoms with Crippen molar-refractivity contribution < 1.29 is 19.0 Å². The number of unbranched alkanes of at least 4 members (excludes halogenated alkanes) is 2. The van der Waals surface area contributed by atoms with Gasteiger partial charge in [0, 0.05) is 0 Å². The number of aromatic nitrogens is 3. The van der Waals surface area contributed by atoms with Crippen LogP contribution in [0.3, 0.4) is 0 Å². The largest absolute Gasteiger partial charge is 0.711 e. The molecule has 0 aliphatic carbocycles. The molecule has 7 nitrogen and oxygen atoms in total. The van der Waals surface area contributed by atoms with Crippen LogP contribution in [0.4, 0.5) is 0 Å². The Morgan fingerprint density at radius 2 is 2.09 bits per heavy atom. The number of fused-ring (bicyclic) bond motifs is 1. The van der Waals surface area contributed by atoms with E-state index in [1.165, 1.54) is 6.20 Å². The Balaban J connectivity index is 2.50. The molecular formula is C16H23N3O4. The summed E-state index contributed by atoms with van der Waals surface area (Å²) in [7, 11) is 0. The Morgan fingerprint density at radius 1 is 1.30 bits per heavy atom. The highest BCUT2D eigenvalue weighted by Crippen LogP contribution is 2.28. The van der Waals surface area contributed by atoms with Crippen LogP contribution in [0.1, 0.15) is 50.4 Å². The van der Waals surface area contributed by atoms with Gasteiger partial charge in [-0.05, 0) is 26.7 Å². The van der Waals surface area contributed by atoms with Gasteiger partial charge in [-0.15, -0.1) is 4.68 Å². The third-order valence-corrected chi connectivity index (χ3v) is 3.51. The van der Waals surface area contributed by atoms with Crippen molar-refractivity contribution >= 4 is 17.0 Å². The Hall–Kier alpha value is -2.31. The zero-order valence-electron chi connectivity index (χ0n) is 13.9. The van der Waals surface area contributed by atoms with Crippen LogP contribution >= 0.6 is 0 Å². The molecule has 2 aromatic heterocycles. The van der Waals surface area contributed by atoms with Crippen LogP contribution in [0.5, 0.6) is 5.75 Å². The van der Waals surface area contributed by atoms with Gasteiger partial charge in [-0.2, -0.15) is 0 Å². The van der Waals surface area contributed by atoms with Crippen molar-refractivity contribution in [1.82, 2.24) is 9.78 Å². The van der Waals surface area contributed by atoms with Crippen molar-refractivity contribution in [3.05, 3.63) is 23.2 Å². The van der Waals surface area contributed by atoms with Crippen LogP contribution < -0.4 is 9.47 Å². The second kappa shape index (κ2) is 7.80. The highest BCUT2D eigenvalue weighted by molar-refractivity contribution is 5.97. The molecule has 0 saturated carbocycles. The van der Waals surface area contributed by atoms with Crippen LogP contribution in [0.25, 0.3) is 11.0 Å². The summed E-state index contributed by atoms with van der Waals surface area (Å²) in [5, 5.41) is 17.2. The van der Waals surface area contributed by atoms with Crippen LogP contribution in [0.2, 0.25) is 0 Å². The van der Waals surface area contributed by atoms with Gasteiger partial charge in [0.15, 0.2) is 5.75 Å². The number of ether oxygens (including phenoxy) is 2. The zero-order chi connectivity index (χ0) is 16.8. The average molecular weight is 321 g/mol. The van der Waals surface area contributed by atoms with E-state index >= 15 is 0 Å². The van der Waals surface area contributed by atoms with Gasteiger partial charge in [0.1, 0.15) is 23.7 Å². The Morgan fingerprint density at radius 3 is 2.74 bits per heavy atom. The van der Waals surface area contributed by atoms with Crippen LogP contribution in [-0.4, -0.2) is 29.0 Å². The molecule has 2 heterocycles. The Bertz CT molecular complexity index is 682. The predicted molar refractivity (Wildman–Crippen MR) is 85.3 cm³/mol. The standard InChI is InChI=1S/C16H23N3O4/c1-4-7-8-9-18-15-12(10-17-18)14(22-5-2)13(11-19(15)21)16(20)23-6-3/h10-11H,4-9H2,1-3H3. The maximum atomic E-state index is 12.4. The molecule has 0 unspecified atom stereocenters. The lowest BCUT2D eigenvalue weighted by Gasteiger charge is -2.13. The Kier molecular flexibility index (Phi) is 5.78. The van der Waals surface area contributed by atoms with Crippen LogP contribution in [-0.2, 0) is 11.3 Å². The molecule has 126 valence electrons. The predicted octanol–water partition coefficient (Wildman–Crippen LogP) is 2.44. The molecule has 0 radical (unpaired) electrons. The molecular weight excluding hydrogens is 298 g/mol. The lowest BCUT2D eigenvalue weighted by Crippen LogP contribution is -2.31. The summed E-state index contributed by atoms with van der Waals surface area (Å²) < 4.78 is 12.9. The van der Waals surface area contributed by atoms with Gasteiger partial charge in [-0.25, -0.2) is 9.52 Å². The number of carbonyl (C=O) groups is 1. The second-order valence-corrected chi connectivity index (χ2v) is 5.16. The summed E-state index contributed by atoms with van der Waals surface area (Å²) in [6, 6.07) is 0. The monoisotopic (exact) mass is 321 g/mol. The molecule has 0 N–H and O–H groups in total. The number of carbonyl (C=O) groups excluding carboxylic acids is 1. The fourth-order valence-corrected chi connectivity index (χ4v) is 2.48. The maximum Gasteiger partial charge on any atom is 0.345 e. The molecule has 0 saturated heterocycles. The quantitative estimate of drug-likeness (QED) is 0.323. The van der Waals surface area contributed by atoms with E-state index in [0.29, 0.717) is 34.7 Å². The number of nitrogens with zero attached hydrogens (tertiary/aromatic N) is 3. The van der Waals surface area contributed by atoms with Crippen molar-refractivity contribution in [2.24, 2.45) is 0 Å².